The fourth-order valence-corrected chi connectivity index (χ4v) is 1.55. The van der Waals surface area contributed by atoms with Crippen molar-refractivity contribution in [2.45, 2.75) is 11.8 Å². The third kappa shape index (κ3) is 2.21. The van der Waals surface area contributed by atoms with Gasteiger partial charge in [-0.15, -0.1) is 0 Å². The second kappa shape index (κ2) is 4.09. The van der Waals surface area contributed by atoms with E-state index in [0.717, 1.165) is 0 Å². The SMILES string of the molecule is Fc1cc(F)c(CBr)c(C(F)F)c1. The molecule has 0 bridgehead atoms. The molecule has 0 heterocycles. The summed E-state index contributed by atoms with van der Waals surface area (Å²) in [5.74, 6) is -1.94. The smallest absolute Gasteiger partial charge is 0.207 e. The highest BCUT2D eigenvalue weighted by Gasteiger charge is 2.17. The van der Waals surface area contributed by atoms with E-state index in [0.29, 0.717) is 12.1 Å². The standard InChI is InChI=1S/C8H5BrF4/c9-3-6-5(8(12)13)1-4(10)2-7(6)11/h1-2,8H,3H2. The molecule has 0 atom stereocenters. The van der Waals surface area contributed by atoms with E-state index in [1.165, 1.54) is 0 Å². The lowest BCUT2D eigenvalue weighted by Gasteiger charge is -2.07. The Labute approximate surface area is 80.7 Å². The van der Waals surface area contributed by atoms with Crippen LogP contribution in [0.2, 0.25) is 0 Å². The molecule has 0 aliphatic carbocycles. The number of hydrogen-bond donors (Lipinski definition) is 0. The van der Waals surface area contributed by atoms with Crippen molar-refractivity contribution in [2.24, 2.45) is 0 Å². The molecule has 1 aromatic carbocycles. The van der Waals surface area contributed by atoms with Gasteiger partial charge < -0.3 is 0 Å². The topological polar surface area (TPSA) is 0 Å². The maximum atomic E-state index is 12.9. The second-order valence-corrected chi connectivity index (χ2v) is 2.95. The van der Waals surface area contributed by atoms with Crippen molar-refractivity contribution in [1.29, 1.82) is 0 Å². The normalized spacial score (nSPS) is 10.9. The number of rotatable bonds is 2. The monoisotopic (exact) mass is 256 g/mol. The van der Waals surface area contributed by atoms with Crippen molar-refractivity contribution < 1.29 is 17.6 Å². The molecule has 1 aromatic rings. The summed E-state index contributed by atoms with van der Waals surface area (Å²) in [6.45, 7) is 0. The van der Waals surface area contributed by atoms with Crippen LogP contribution in [0.3, 0.4) is 0 Å². The Morgan fingerprint density at radius 3 is 2.31 bits per heavy atom. The molecule has 0 saturated carbocycles. The fourth-order valence-electron chi connectivity index (χ4n) is 0.959. The third-order valence-corrected chi connectivity index (χ3v) is 2.12. The number of benzene rings is 1. The molecule has 0 aromatic heterocycles. The van der Waals surface area contributed by atoms with E-state index < -0.39 is 23.6 Å². The largest absolute Gasteiger partial charge is 0.264 e. The Balaban J connectivity index is 3.29. The zero-order chi connectivity index (χ0) is 10.0. The van der Waals surface area contributed by atoms with E-state index in [2.05, 4.69) is 15.9 Å². The molecule has 0 nitrogen and oxygen atoms in total. The van der Waals surface area contributed by atoms with Gasteiger partial charge in [-0.3, -0.25) is 0 Å². The van der Waals surface area contributed by atoms with E-state index in [1.807, 2.05) is 0 Å². The Morgan fingerprint density at radius 1 is 1.23 bits per heavy atom. The minimum absolute atomic E-state index is 0.0568. The summed E-state index contributed by atoms with van der Waals surface area (Å²) in [4.78, 5) is 0. The van der Waals surface area contributed by atoms with Crippen LogP contribution in [0.15, 0.2) is 12.1 Å². The van der Waals surface area contributed by atoms with Gasteiger partial charge in [0.05, 0.1) is 0 Å². The van der Waals surface area contributed by atoms with Crippen LogP contribution in [0.5, 0.6) is 0 Å². The van der Waals surface area contributed by atoms with Crippen LogP contribution in [0.25, 0.3) is 0 Å². The first-order valence-corrected chi connectivity index (χ1v) is 4.50. The van der Waals surface area contributed by atoms with E-state index in [9.17, 15) is 17.6 Å². The highest BCUT2D eigenvalue weighted by molar-refractivity contribution is 9.08. The van der Waals surface area contributed by atoms with Gasteiger partial charge in [0.2, 0.25) is 0 Å². The van der Waals surface area contributed by atoms with Gasteiger partial charge >= 0.3 is 0 Å². The summed E-state index contributed by atoms with van der Waals surface area (Å²) < 4.78 is 49.8. The Morgan fingerprint density at radius 2 is 1.85 bits per heavy atom. The van der Waals surface area contributed by atoms with Gasteiger partial charge in [-0.05, 0) is 6.07 Å². The lowest BCUT2D eigenvalue weighted by molar-refractivity contribution is 0.149. The molecule has 0 saturated heterocycles. The number of alkyl halides is 3. The van der Waals surface area contributed by atoms with Crippen LogP contribution in [0.4, 0.5) is 17.6 Å². The minimum Gasteiger partial charge on any atom is -0.207 e. The van der Waals surface area contributed by atoms with Crippen LogP contribution < -0.4 is 0 Å². The average Bonchev–Trinajstić information content (AvgIpc) is 2.02. The van der Waals surface area contributed by atoms with Crippen LogP contribution >= 0.6 is 15.9 Å². The maximum Gasteiger partial charge on any atom is 0.264 e. The summed E-state index contributed by atoms with van der Waals surface area (Å²) in [6.07, 6.45) is -2.86. The molecular formula is C8H5BrF4. The quantitative estimate of drug-likeness (QED) is 0.558. The summed E-state index contributed by atoms with van der Waals surface area (Å²) >= 11 is 2.86. The molecule has 13 heavy (non-hydrogen) atoms. The number of hydrogen-bond acceptors (Lipinski definition) is 0. The van der Waals surface area contributed by atoms with E-state index >= 15 is 0 Å². The predicted molar refractivity (Wildman–Crippen MR) is 43.9 cm³/mol. The van der Waals surface area contributed by atoms with E-state index in [1.54, 1.807) is 0 Å². The molecule has 0 aliphatic rings. The highest BCUT2D eigenvalue weighted by Crippen LogP contribution is 2.27. The Kier molecular flexibility index (Phi) is 3.30. The van der Waals surface area contributed by atoms with Gasteiger partial charge in [0.25, 0.3) is 6.43 Å². The Hall–Kier alpha value is -0.580. The van der Waals surface area contributed by atoms with Crippen molar-refractivity contribution >= 4 is 15.9 Å². The minimum atomic E-state index is -2.86. The van der Waals surface area contributed by atoms with Gasteiger partial charge in [0.15, 0.2) is 0 Å². The van der Waals surface area contributed by atoms with E-state index in [4.69, 9.17) is 0 Å². The molecule has 0 radical (unpaired) electrons. The van der Waals surface area contributed by atoms with Gasteiger partial charge in [-0.25, -0.2) is 17.6 Å². The van der Waals surface area contributed by atoms with Crippen molar-refractivity contribution in [2.75, 3.05) is 0 Å². The zero-order valence-electron chi connectivity index (χ0n) is 6.33. The molecule has 0 N–H and O–H groups in total. The van der Waals surface area contributed by atoms with Crippen LogP contribution in [0.1, 0.15) is 17.6 Å². The molecule has 1 rings (SSSR count). The van der Waals surface area contributed by atoms with Crippen LogP contribution in [-0.2, 0) is 5.33 Å². The first-order valence-electron chi connectivity index (χ1n) is 3.38. The van der Waals surface area contributed by atoms with Gasteiger partial charge in [0.1, 0.15) is 11.6 Å². The highest BCUT2D eigenvalue weighted by atomic mass is 79.9. The molecule has 5 heteroatoms. The fraction of sp³-hybridized carbons (Fsp3) is 0.250. The molecule has 0 aliphatic heterocycles. The second-order valence-electron chi connectivity index (χ2n) is 2.39. The maximum absolute atomic E-state index is 12.9. The van der Waals surface area contributed by atoms with Crippen molar-refractivity contribution in [1.82, 2.24) is 0 Å². The lowest BCUT2D eigenvalue weighted by Crippen LogP contribution is -1.97. The van der Waals surface area contributed by atoms with Gasteiger partial charge in [-0.1, -0.05) is 15.9 Å². The van der Waals surface area contributed by atoms with Crippen molar-refractivity contribution in [3.05, 3.63) is 34.9 Å². The van der Waals surface area contributed by atoms with Gasteiger partial charge in [0, 0.05) is 22.5 Å². The molecule has 0 spiro atoms. The molecule has 0 unspecified atom stereocenters. The number of halogens is 5. The molecule has 0 fully saturated rings. The van der Waals surface area contributed by atoms with Gasteiger partial charge in [-0.2, -0.15) is 0 Å². The Bertz CT molecular complexity index is 311. The summed E-state index contributed by atoms with van der Waals surface area (Å²) in [7, 11) is 0. The third-order valence-electron chi connectivity index (χ3n) is 1.56. The molecule has 72 valence electrons. The summed E-state index contributed by atoms with van der Waals surface area (Å²) in [5, 5.41) is -0.0568. The lowest BCUT2D eigenvalue weighted by atomic mass is 10.1. The molecular weight excluding hydrogens is 252 g/mol. The average molecular weight is 257 g/mol. The van der Waals surface area contributed by atoms with Crippen LogP contribution in [0, 0.1) is 11.6 Å². The molecule has 0 amide bonds. The van der Waals surface area contributed by atoms with Crippen molar-refractivity contribution in [3.8, 4) is 0 Å². The zero-order valence-corrected chi connectivity index (χ0v) is 7.91. The summed E-state index contributed by atoms with van der Waals surface area (Å²) in [5.41, 5.74) is -0.800. The first-order chi connectivity index (χ1) is 6.06. The summed E-state index contributed by atoms with van der Waals surface area (Å²) in [6, 6.07) is 1.23. The first kappa shape index (κ1) is 10.5. The predicted octanol–water partition coefficient (Wildman–Crippen LogP) is 3.80. The van der Waals surface area contributed by atoms with Crippen molar-refractivity contribution in [3.63, 3.8) is 0 Å². The van der Waals surface area contributed by atoms with Crippen LogP contribution in [-0.4, -0.2) is 0 Å². The van der Waals surface area contributed by atoms with E-state index in [-0.39, 0.29) is 10.9 Å².